The molecule has 0 aromatic carbocycles. The SMILES string of the molecule is C=C/C(C(=O)NCCNC(C)=O)=C(\C=C(\N)C(C)C(=N)/C(C)=C/CC/C(F)=C\C)OC. The largest absolute Gasteiger partial charge is 0.496 e. The van der Waals surface area contributed by atoms with Crippen molar-refractivity contribution in [2.75, 3.05) is 20.2 Å². The van der Waals surface area contributed by atoms with E-state index in [-0.39, 0.29) is 36.0 Å². The molecule has 8 heteroatoms. The molecule has 0 aliphatic carbocycles. The first-order chi connectivity index (χ1) is 14.6. The summed E-state index contributed by atoms with van der Waals surface area (Å²) in [5.74, 6) is -1.03. The van der Waals surface area contributed by atoms with Gasteiger partial charge >= 0.3 is 0 Å². The average molecular weight is 435 g/mol. The summed E-state index contributed by atoms with van der Waals surface area (Å²) in [4.78, 5) is 23.3. The van der Waals surface area contributed by atoms with Gasteiger partial charge in [0.1, 0.15) is 5.76 Å². The fraction of sp³-hybridized carbons (Fsp3) is 0.435. The van der Waals surface area contributed by atoms with Crippen LogP contribution in [0.15, 0.2) is 59.3 Å². The standard InChI is InChI=1S/C23H35FN4O3/c1-7-18(24)11-9-10-15(3)22(26)16(4)20(25)14-21(31-6)19(8-2)23(30)28-13-12-27-17(5)29/h7-8,10,14,16,26H,2,9,11-13,25H2,1,3-6H3,(H,27,29)(H,28,30)/b15-10+,18-7+,20-14+,21-19-,26-22?. The van der Waals surface area contributed by atoms with Crippen LogP contribution in [0.4, 0.5) is 4.39 Å². The highest BCUT2D eigenvalue weighted by molar-refractivity contribution is 6.00. The maximum Gasteiger partial charge on any atom is 0.255 e. The quantitative estimate of drug-likeness (QED) is 0.117. The Balaban J connectivity index is 5.37. The monoisotopic (exact) mass is 434 g/mol. The summed E-state index contributed by atoms with van der Waals surface area (Å²) in [7, 11) is 1.41. The van der Waals surface area contributed by atoms with Gasteiger partial charge in [0.05, 0.1) is 18.5 Å². The van der Waals surface area contributed by atoms with Gasteiger partial charge in [-0.2, -0.15) is 0 Å². The number of hydrogen-bond acceptors (Lipinski definition) is 5. The number of methoxy groups -OCH3 is 1. The van der Waals surface area contributed by atoms with Crippen LogP contribution >= 0.6 is 0 Å². The second-order valence-corrected chi connectivity index (χ2v) is 6.87. The molecule has 1 unspecified atom stereocenters. The third-order valence-electron chi connectivity index (χ3n) is 4.52. The van der Waals surface area contributed by atoms with Crippen molar-refractivity contribution in [1.29, 1.82) is 5.41 Å². The van der Waals surface area contributed by atoms with Gasteiger partial charge in [-0.05, 0) is 25.8 Å². The molecule has 0 spiro atoms. The zero-order chi connectivity index (χ0) is 24.0. The van der Waals surface area contributed by atoms with Crippen LogP contribution in [-0.2, 0) is 14.3 Å². The smallest absolute Gasteiger partial charge is 0.255 e. The van der Waals surface area contributed by atoms with Gasteiger partial charge in [0.25, 0.3) is 5.91 Å². The molecule has 0 aromatic heterocycles. The first-order valence-corrected chi connectivity index (χ1v) is 10.1. The number of amides is 2. The summed E-state index contributed by atoms with van der Waals surface area (Å²) in [5.41, 5.74) is 7.69. The number of carbonyl (C=O) groups excluding carboxylic acids is 2. The van der Waals surface area contributed by atoms with Crippen molar-refractivity contribution in [3.8, 4) is 0 Å². The van der Waals surface area contributed by atoms with Gasteiger partial charge in [0, 0.05) is 49.8 Å². The van der Waals surface area contributed by atoms with Gasteiger partial charge in [-0.1, -0.05) is 31.7 Å². The highest BCUT2D eigenvalue weighted by Crippen LogP contribution is 2.18. The molecule has 0 heterocycles. The highest BCUT2D eigenvalue weighted by Gasteiger charge is 2.17. The van der Waals surface area contributed by atoms with E-state index in [0.29, 0.717) is 29.9 Å². The fourth-order valence-corrected chi connectivity index (χ4v) is 2.53. The summed E-state index contributed by atoms with van der Waals surface area (Å²) >= 11 is 0. The third-order valence-corrected chi connectivity index (χ3v) is 4.52. The molecule has 31 heavy (non-hydrogen) atoms. The first kappa shape index (κ1) is 27.8. The Kier molecular flexibility index (Phi) is 13.3. The molecule has 172 valence electrons. The number of halogens is 1. The molecule has 0 bridgehead atoms. The van der Waals surface area contributed by atoms with E-state index in [4.69, 9.17) is 15.9 Å². The average Bonchev–Trinajstić information content (AvgIpc) is 2.74. The van der Waals surface area contributed by atoms with E-state index in [1.165, 1.54) is 32.3 Å². The van der Waals surface area contributed by atoms with Crippen LogP contribution in [0.1, 0.15) is 40.5 Å². The van der Waals surface area contributed by atoms with Gasteiger partial charge in [0.2, 0.25) is 5.91 Å². The van der Waals surface area contributed by atoms with Crippen LogP contribution in [0.2, 0.25) is 0 Å². The van der Waals surface area contributed by atoms with Gasteiger partial charge < -0.3 is 26.5 Å². The van der Waals surface area contributed by atoms with Crippen molar-refractivity contribution in [1.82, 2.24) is 10.6 Å². The van der Waals surface area contributed by atoms with E-state index in [2.05, 4.69) is 17.2 Å². The Morgan fingerprint density at radius 3 is 2.39 bits per heavy atom. The Morgan fingerprint density at radius 1 is 1.26 bits per heavy atom. The van der Waals surface area contributed by atoms with Crippen molar-refractivity contribution >= 4 is 17.5 Å². The van der Waals surface area contributed by atoms with E-state index in [0.717, 1.165) is 0 Å². The lowest BCUT2D eigenvalue weighted by Gasteiger charge is -2.16. The van der Waals surface area contributed by atoms with Crippen LogP contribution in [0.5, 0.6) is 0 Å². The molecule has 0 rings (SSSR count). The van der Waals surface area contributed by atoms with E-state index < -0.39 is 11.8 Å². The van der Waals surface area contributed by atoms with Gasteiger partial charge in [0.15, 0.2) is 0 Å². The van der Waals surface area contributed by atoms with Crippen LogP contribution < -0.4 is 16.4 Å². The second kappa shape index (κ2) is 14.8. The summed E-state index contributed by atoms with van der Waals surface area (Å²) in [6, 6.07) is 0. The van der Waals surface area contributed by atoms with Gasteiger partial charge in [-0.15, -0.1) is 0 Å². The number of hydrogen-bond donors (Lipinski definition) is 4. The molecule has 0 saturated heterocycles. The normalized spacial score (nSPS) is 14.3. The molecule has 0 radical (unpaired) electrons. The highest BCUT2D eigenvalue weighted by atomic mass is 19.1. The lowest BCUT2D eigenvalue weighted by atomic mass is 9.94. The number of allylic oxidation sites excluding steroid dienone is 6. The number of rotatable bonds is 13. The maximum atomic E-state index is 13.2. The van der Waals surface area contributed by atoms with E-state index in [9.17, 15) is 14.0 Å². The van der Waals surface area contributed by atoms with Crippen LogP contribution in [0.25, 0.3) is 0 Å². The van der Waals surface area contributed by atoms with Crippen molar-refractivity contribution in [3.63, 3.8) is 0 Å². The van der Waals surface area contributed by atoms with Crippen molar-refractivity contribution in [2.45, 2.75) is 40.5 Å². The van der Waals surface area contributed by atoms with Gasteiger partial charge in [-0.3, -0.25) is 9.59 Å². The summed E-state index contributed by atoms with van der Waals surface area (Å²) in [5, 5.41) is 13.6. The van der Waals surface area contributed by atoms with Crippen molar-refractivity contribution in [3.05, 3.63) is 59.3 Å². The molecule has 0 aliphatic rings. The molecular weight excluding hydrogens is 399 g/mol. The molecule has 0 aliphatic heterocycles. The minimum Gasteiger partial charge on any atom is -0.496 e. The van der Waals surface area contributed by atoms with E-state index in [1.54, 1.807) is 26.8 Å². The molecule has 2 amide bonds. The summed E-state index contributed by atoms with van der Waals surface area (Å²) in [6.45, 7) is 10.8. The van der Waals surface area contributed by atoms with Crippen molar-refractivity contribution in [2.24, 2.45) is 11.7 Å². The third kappa shape index (κ3) is 10.4. The minimum atomic E-state index is -0.443. The Hall–Kier alpha value is -3.16. The molecule has 0 fully saturated rings. The maximum absolute atomic E-state index is 13.2. The fourth-order valence-electron chi connectivity index (χ4n) is 2.53. The van der Waals surface area contributed by atoms with Crippen molar-refractivity contribution < 1.29 is 18.7 Å². The lowest BCUT2D eigenvalue weighted by molar-refractivity contribution is -0.120. The van der Waals surface area contributed by atoms with E-state index >= 15 is 0 Å². The number of nitrogens with two attached hydrogens (primary N) is 1. The number of ether oxygens (including phenoxy) is 1. The minimum absolute atomic E-state index is 0.182. The Labute approximate surface area is 184 Å². The van der Waals surface area contributed by atoms with Crippen LogP contribution in [0, 0.1) is 11.3 Å². The molecule has 5 N–H and O–H groups in total. The zero-order valence-corrected chi connectivity index (χ0v) is 19.1. The van der Waals surface area contributed by atoms with Crippen LogP contribution in [0.3, 0.4) is 0 Å². The molecule has 1 atom stereocenters. The van der Waals surface area contributed by atoms with Gasteiger partial charge in [-0.25, -0.2) is 4.39 Å². The number of nitrogens with one attached hydrogen (secondary N) is 3. The molecular formula is C23H35FN4O3. The summed E-state index contributed by atoms with van der Waals surface area (Å²) in [6.07, 6.45) is 6.85. The Bertz CT molecular complexity index is 795. The molecule has 7 nitrogen and oxygen atoms in total. The van der Waals surface area contributed by atoms with Crippen LogP contribution in [-0.4, -0.2) is 37.7 Å². The lowest BCUT2D eigenvalue weighted by Crippen LogP contribution is -2.34. The predicted octanol–water partition coefficient (Wildman–Crippen LogP) is 3.42. The second-order valence-electron chi connectivity index (χ2n) is 6.87. The molecule has 0 aromatic rings. The summed E-state index contributed by atoms with van der Waals surface area (Å²) < 4.78 is 18.6. The van der Waals surface area contributed by atoms with E-state index in [1.807, 2.05) is 0 Å². The first-order valence-electron chi connectivity index (χ1n) is 10.1. The topological polar surface area (TPSA) is 117 Å². The Morgan fingerprint density at radius 2 is 1.87 bits per heavy atom. The number of carbonyl (C=O) groups is 2. The zero-order valence-electron chi connectivity index (χ0n) is 19.1. The predicted molar refractivity (Wildman–Crippen MR) is 123 cm³/mol. The molecule has 0 saturated carbocycles.